The summed E-state index contributed by atoms with van der Waals surface area (Å²) in [6, 6.07) is 11.9. The molecule has 2 amide bonds. The van der Waals surface area contributed by atoms with Crippen molar-refractivity contribution in [3.63, 3.8) is 0 Å². The number of carbonyl (C=O) groups excluding carboxylic acids is 2. The molecule has 3 heterocycles. The molecule has 7 nitrogen and oxygen atoms in total. The van der Waals surface area contributed by atoms with E-state index < -0.39 is 41.6 Å². The van der Waals surface area contributed by atoms with E-state index in [0.717, 1.165) is 12.1 Å². The summed E-state index contributed by atoms with van der Waals surface area (Å²) < 4.78 is 52.4. The Morgan fingerprint density at radius 3 is 2.61 bits per heavy atom. The SMILES string of the molecule is COc1ccccc1N1C[C@@]23C=C[C@H](O2)[C@H](C(=O)Nc2ccc(OC(F)(F)F)cc2)[C@H]3C1=O. The normalized spacial score (nSPS) is 27.6. The molecule has 2 saturated heterocycles. The predicted molar refractivity (Wildman–Crippen MR) is 111 cm³/mol. The summed E-state index contributed by atoms with van der Waals surface area (Å²) in [5.74, 6) is -2.08. The van der Waals surface area contributed by atoms with Crippen molar-refractivity contribution in [1.82, 2.24) is 0 Å². The molecule has 2 fully saturated rings. The fraction of sp³-hybridized carbons (Fsp3) is 0.304. The van der Waals surface area contributed by atoms with Crippen LogP contribution in [-0.2, 0) is 14.3 Å². The Bertz CT molecular complexity index is 1130. The number of nitrogens with one attached hydrogen (secondary N) is 1. The zero-order chi connectivity index (χ0) is 23.4. The van der Waals surface area contributed by atoms with Gasteiger partial charge in [0.1, 0.15) is 17.1 Å². The fourth-order valence-corrected chi connectivity index (χ4v) is 4.82. The number of carbonyl (C=O) groups is 2. The lowest BCUT2D eigenvalue weighted by molar-refractivity contribution is -0.274. The Labute approximate surface area is 186 Å². The Kier molecular flexibility index (Phi) is 4.86. The van der Waals surface area contributed by atoms with Crippen molar-refractivity contribution >= 4 is 23.2 Å². The highest BCUT2D eigenvalue weighted by Gasteiger charge is 2.67. The molecule has 2 aromatic carbocycles. The molecule has 33 heavy (non-hydrogen) atoms. The molecule has 1 spiro atoms. The molecule has 0 unspecified atom stereocenters. The van der Waals surface area contributed by atoms with Crippen LogP contribution in [0.5, 0.6) is 11.5 Å². The van der Waals surface area contributed by atoms with Gasteiger partial charge < -0.3 is 24.4 Å². The largest absolute Gasteiger partial charge is 0.573 e. The van der Waals surface area contributed by atoms with Gasteiger partial charge in [0.05, 0.1) is 37.3 Å². The van der Waals surface area contributed by atoms with Crippen molar-refractivity contribution in [2.45, 2.75) is 18.1 Å². The number of methoxy groups -OCH3 is 1. The molecule has 0 aromatic heterocycles. The maximum absolute atomic E-state index is 13.4. The quantitative estimate of drug-likeness (QED) is 0.691. The zero-order valence-electron chi connectivity index (χ0n) is 17.3. The van der Waals surface area contributed by atoms with Gasteiger partial charge in [0, 0.05) is 5.69 Å². The van der Waals surface area contributed by atoms with Crippen LogP contribution < -0.4 is 19.7 Å². The minimum Gasteiger partial charge on any atom is -0.495 e. The van der Waals surface area contributed by atoms with Crippen LogP contribution in [0, 0.1) is 11.8 Å². The van der Waals surface area contributed by atoms with Crippen molar-refractivity contribution in [3.05, 3.63) is 60.7 Å². The molecule has 1 N–H and O–H groups in total. The lowest BCUT2D eigenvalue weighted by Crippen LogP contribution is -2.41. The van der Waals surface area contributed by atoms with Gasteiger partial charge in [-0.05, 0) is 36.4 Å². The number of benzene rings is 2. The molecule has 3 aliphatic heterocycles. The second-order valence-corrected chi connectivity index (χ2v) is 8.06. The van der Waals surface area contributed by atoms with Crippen molar-refractivity contribution in [1.29, 1.82) is 0 Å². The molecule has 0 aliphatic carbocycles. The number of alkyl halides is 3. The second-order valence-electron chi connectivity index (χ2n) is 8.06. The van der Waals surface area contributed by atoms with Gasteiger partial charge in [0.2, 0.25) is 11.8 Å². The molecule has 0 radical (unpaired) electrons. The summed E-state index contributed by atoms with van der Waals surface area (Å²) in [5.41, 5.74) is -0.0503. The minimum atomic E-state index is -4.80. The monoisotopic (exact) mass is 460 g/mol. The van der Waals surface area contributed by atoms with Crippen molar-refractivity contribution in [2.75, 3.05) is 23.9 Å². The summed E-state index contributed by atoms with van der Waals surface area (Å²) in [6.07, 6.45) is -1.75. The van der Waals surface area contributed by atoms with E-state index in [-0.39, 0.29) is 18.1 Å². The summed E-state index contributed by atoms with van der Waals surface area (Å²) in [7, 11) is 1.52. The maximum atomic E-state index is 13.4. The van der Waals surface area contributed by atoms with Crippen LogP contribution in [0.25, 0.3) is 0 Å². The van der Waals surface area contributed by atoms with Crippen LogP contribution >= 0.6 is 0 Å². The summed E-state index contributed by atoms with van der Waals surface area (Å²) in [6.45, 7) is 0.247. The number of anilines is 2. The number of hydrogen-bond donors (Lipinski definition) is 1. The maximum Gasteiger partial charge on any atom is 0.573 e. The van der Waals surface area contributed by atoms with E-state index in [1.807, 2.05) is 6.08 Å². The van der Waals surface area contributed by atoms with Gasteiger partial charge in [-0.25, -0.2) is 0 Å². The van der Waals surface area contributed by atoms with Gasteiger partial charge in [-0.15, -0.1) is 13.2 Å². The number of halogens is 3. The number of rotatable bonds is 5. The van der Waals surface area contributed by atoms with Crippen molar-refractivity contribution in [2.24, 2.45) is 11.8 Å². The Morgan fingerprint density at radius 2 is 1.91 bits per heavy atom. The Balaban J connectivity index is 1.36. The lowest BCUT2D eigenvalue weighted by Gasteiger charge is -2.23. The predicted octanol–water partition coefficient (Wildman–Crippen LogP) is 3.52. The van der Waals surface area contributed by atoms with Crippen LogP contribution in [0.15, 0.2) is 60.7 Å². The highest BCUT2D eigenvalue weighted by Crippen LogP contribution is 2.53. The third-order valence-corrected chi connectivity index (χ3v) is 6.13. The van der Waals surface area contributed by atoms with Gasteiger partial charge in [0.25, 0.3) is 0 Å². The standard InChI is InChI=1S/C23H19F3N2O5/c1-31-16-5-3-2-4-15(16)28-12-22-11-10-17(33-22)18(19(22)21(28)30)20(29)27-13-6-8-14(9-7-13)32-23(24,25)26/h2-11,17-19H,12H2,1H3,(H,27,29)/t17-,18-,19-,22+/m0/s1. The number of nitrogens with zero attached hydrogens (tertiary/aromatic N) is 1. The molecule has 172 valence electrons. The molecule has 4 atom stereocenters. The first kappa shape index (κ1) is 21.3. The first-order valence-electron chi connectivity index (χ1n) is 10.2. The van der Waals surface area contributed by atoms with E-state index in [4.69, 9.17) is 9.47 Å². The molecule has 5 rings (SSSR count). The molecule has 0 saturated carbocycles. The van der Waals surface area contributed by atoms with Gasteiger partial charge in [0.15, 0.2) is 0 Å². The highest BCUT2D eigenvalue weighted by atomic mass is 19.4. The van der Waals surface area contributed by atoms with Crippen LogP contribution in [0.1, 0.15) is 0 Å². The second kappa shape index (κ2) is 7.51. The van der Waals surface area contributed by atoms with E-state index in [1.54, 1.807) is 35.2 Å². The van der Waals surface area contributed by atoms with Crippen LogP contribution in [0.3, 0.4) is 0 Å². The molecule has 2 bridgehead atoms. The van der Waals surface area contributed by atoms with Gasteiger partial charge in [-0.2, -0.15) is 0 Å². The third-order valence-electron chi connectivity index (χ3n) is 6.13. The molecule has 10 heteroatoms. The summed E-state index contributed by atoms with van der Waals surface area (Å²) in [4.78, 5) is 28.1. The molecule has 3 aliphatic rings. The van der Waals surface area contributed by atoms with Gasteiger partial charge in [-0.1, -0.05) is 24.3 Å². The highest BCUT2D eigenvalue weighted by molar-refractivity contribution is 6.06. The lowest BCUT2D eigenvalue weighted by atomic mass is 9.77. The average molecular weight is 460 g/mol. The third kappa shape index (κ3) is 3.60. The van der Waals surface area contributed by atoms with Gasteiger partial charge >= 0.3 is 6.36 Å². The topological polar surface area (TPSA) is 77.1 Å². The van der Waals surface area contributed by atoms with E-state index in [9.17, 15) is 22.8 Å². The van der Waals surface area contributed by atoms with Crippen molar-refractivity contribution in [3.8, 4) is 11.5 Å². The Hall–Kier alpha value is -3.53. The molecule has 2 aromatic rings. The van der Waals surface area contributed by atoms with E-state index in [0.29, 0.717) is 11.4 Å². The van der Waals surface area contributed by atoms with E-state index >= 15 is 0 Å². The van der Waals surface area contributed by atoms with Crippen LogP contribution in [0.4, 0.5) is 24.5 Å². The molecular formula is C23H19F3N2O5. The summed E-state index contributed by atoms with van der Waals surface area (Å²) >= 11 is 0. The first-order chi connectivity index (χ1) is 15.7. The number of amides is 2. The molecular weight excluding hydrogens is 441 g/mol. The zero-order valence-corrected chi connectivity index (χ0v) is 17.3. The number of fused-ring (bicyclic) bond motifs is 1. The Morgan fingerprint density at radius 1 is 1.18 bits per heavy atom. The van der Waals surface area contributed by atoms with E-state index in [1.165, 1.54) is 19.2 Å². The number of ether oxygens (including phenoxy) is 3. The first-order valence-corrected chi connectivity index (χ1v) is 10.2. The van der Waals surface area contributed by atoms with Crippen molar-refractivity contribution < 1.29 is 37.0 Å². The average Bonchev–Trinajstić information content (AvgIpc) is 3.42. The van der Waals surface area contributed by atoms with Gasteiger partial charge in [-0.3, -0.25) is 9.59 Å². The van der Waals surface area contributed by atoms with Crippen LogP contribution in [-0.4, -0.2) is 43.5 Å². The number of para-hydroxylation sites is 2. The van der Waals surface area contributed by atoms with Crippen LogP contribution in [0.2, 0.25) is 0 Å². The fourth-order valence-electron chi connectivity index (χ4n) is 4.82. The minimum absolute atomic E-state index is 0.247. The summed E-state index contributed by atoms with van der Waals surface area (Å²) in [5, 5.41) is 2.68. The van der Waals surface area contributed by atoms with E-state index in [2.05, 4.69) is 10.1 Å². The number of hydrogen-bond acceptors (Lipinski definition) is 5. The smallest absolute Gasteiger partial charge is 0.495 e.